The fraction of sp³-hybridized carbons (Fsp3) is 0.0870. The summed E-state index contributed by atoms with van der Waals surface area (Å²) < 4.78 is 17.2. The number of rotatable bonds is 6. The van der Waals surface area contributed by atoms with Crippen LogP contribution >= 0.6 is 0 Å². The summed E-state index contributed by atoms with van der Waals surface area (Å²) in [5.74, 6) is 1.51. The summed E-state index contributed by atoms with van der Waals surface area (Å²) in [6.07, 6.45) is 1.17. The third-order valence-electron chi connectivity index (χ3n) is 5.13. The van der Waals surface area contributed by atoms with Gasteiger partial charge in [0.15, 0.2) is 11.5 Å². The lowest BCUT2D eigenvalue weighted by Gasteiger charge is -2.10. The van der Waals surface area contributed by atoms with Gasteiger partial charge in [0.2, 0.25) is 6.79 Å². The number of H-pyrrole nitrogens is 1. The fourth-order valence-electron chi connectivity index (χ4n) is 3.45. The third kappa shape index (κ3) is 3.97. The van der Waals surface area contributed by atoms with Gasteiger partial charge in [-0.2, -0.15) is 5.10 Å². The van der Waals surface area contributed by atoms with Crippen molar-refractivity contribution in [3.8, 4) is 17.2 Å². The summed E-state index contributed by atoms with van der Waals surface area (Å²) in [4.78, 5) is 38.4. The number of nitro benzene ring substituents is 1. The molecular weight excluding hydrogens is 444 g/mol. The van der Waals surface area contributed by atoms with Gasteiger partial charge in [-0.15, -0.1) is 4.68 Å². The molecule has 170 valence electrons. The van der Waals surface area contributed by atoms with Crippen molar-refractivity contribution in [3.05, 3.63) is 103 Å². The molecule has 3 aromatic carbocycles. The highest BCUT2D eigenvalue weighted by atomic mass is 16.7. The van der Waals surface area contributed by atoms with Crippen molar-refractivity contribution in [2.24, 2.45) is 5.10 Å². The zero-order valence-electron chi connectivity index (χ0n) is 17.5. The Kier molecular flexibility index (Phi) is 5.26. The first kappa shape index (κ1) is 20.9. The van der Waals surface area contributed by atoms with Crippen molar-refractivity contribution in [2.45, 2.75) is 6.61 Å². The number of hydrogen-bond donors (Lipinski definition) is 1. The van der Waals surface area contributed by atoms with Gasteiger partial charge in [-0.3, -0.25) is 14.9 Å². The highest BCUT2D eigenvalue weighted by Crippen LogP contribution is 2.33. The van der Waals surface area contributed by atoms with Crippen LogP contribution in [-0.2, 0) is 6.61 Å². The maximum absolute atomic E-state index is 12.7. The summed E-state index contributed by atoms with van der Waals surface area (Å²) >= 11 is 0. The van der Waals surface area contributed by atoms with Gasteiger partial charge in [-0.1, -0.05) is 18.2 Å². The average molecular weight is 460 g/mol. The molecule has 1 aliphatic rings. The monoisotopic (exact) mass is 460 g/mol. The number of nitrogens with one attached hydrogen (secondary N) is 1. The van der Waals surface area contributed by atoms with Gasteiger partial charge >= 0.3 is 5.69 Å². The highest BCUT2D eigenvalue weighted by Gasteiger charge is 2.15. The molecule has 11 heteroatoms. The molecule has 5 rings (SSSR count). The zero-order chi connectivity index (χ0) is 23.7. The van der Waals surface area contributed by atoms with Crippen molar-refractivity contribution in [3.63, 3.8) is 0 Å². The van der Waals surface area contributed by atoms with E-state index in [4.69, 9.17) is 14.2 Å². The van der Waals surface area contributed by atoms with Gasteiger partial charge in [0.25, 0.3) is 11.2 Å². The normalized spacial score (nSPS) is 12.4. The second-order valence-electron chi connectivity index (χ2n) is 7.29. The van der Waals surface area contributed by atoms with Crippen molar-refractivity contribution in [2.75, 3.05) is 6.79 Å². The lowest BCUT2D eigenvalue weighted by atomic mass is 10.2. The maximum Gasteiger partial charge on any atom is 0.349 e. The number of para-hydroxylation sites is 1. The molecule has 0 aliphatic carbocycles. The van der Waals surface area contributed by atoms with Gasteiger partial charge in [0.1, 0.15) is 12.4 Å². The molecule has 0 fully saturated rings. The molecule has 1 aliphatic heterocycles. The van der Waals surface area contributed by atoms with Crippen LogP contribution in [0.5, 0.6) is 17.2 Å². The number of nitro groups is 1. The van der Waals surface area contributed by atoms with Gasteiger partial charge < -0.3 is 19.2 Å². The lowest BCUT2D eigenvalue weighted by molar-refractivity contribution is -0.384. The van der Waals surface area contributed by atoms with Crippen molar-refractivity contribution in [1.29, 1.82) is 0 Å². The van der Waals surface area contributed by atoms with Crippen LogP contribution in [0.3, 0.4) is 0 Å². The first-order valence-corrected chi connectivity index (χ1v) is 10.1. The first-order valence-electron chi connectivity index (χ1n) is 10.1. The summed E-state index contributed by atoms with van der Waals surface area (Å²) in [5.41, 5.74) is -0.178. The first-order chi connectivity index (χ1) is 16.5. The number of ether oxygens (including phenoxy) is 3. The second-order valence-corrected chi connectivity index (χ2v) is 7.29. The summed E-state index contributed by atoms with van der Waals surface area (Å²) in [7, 11) is 0. The summed E-state index contributed by atoms with van der Waals surface area (Å²) in [5, 5.41) is 15.5. The quantitative estimate of drug-likeness (QED) is 0.265. The molecule has 11 nitrogen and oxygen atoms in total. The van der Waals surface area contributed by atoms with E-state index in [2.05, 4.69) is 10.1 Å². The van der Waals surface area contributed by atoms with E-state index in [1.165, 1.54) is 24.4 Å². The number of non-ortho nitro benzene ring substituents is 1. The van der Waals surface area contributed by atoms with E-state index < -0.39 is 16.2 Å². The van der Waals surface area contributed by atoms with Gasteiger partial charge in [-0.05, 0) is 35.9 Å². The predicted octanol–water partition coefficient (Wildman–Crippen LogP) is 2.79. The number of aromatic amines is 1. The molecule has 2 heterocycles. The van der Waals surface area contributed by atoms with E-state index in [9.17, 15) is 19.7 Å². The smallest absolute Gasteiger partial charge is 0.349 e. The summed E-state index contributed by atoms with van der Waals surface area (Å²) in [6.45, 7) is 0.279. The maximum atomic E-state index is 12.7. The molecule has 1 aromatic heterocycles. The van der Waals surface area contributed by atoms with Crippen molar-refractivity contribution in [1.82, 2.24) is 9.66 Å². The standard InChI is InChI=1S/C23H16N4O7/c28-22-17-3-1-2-4-18(17)25-23(29)26(22)24-11-15-10-16(27(30)31)6-8-19(15)32-12-14-5-7-20-21(9-14)34-13-33-20/h1-11H,12-13H2,(H,25,29). The van der Waals surface area contributed by atoms with Crippen LogP contribution in [0.2, 0.25) is 0 Å². The van der Waals surface area contributed by atoms with E-state index in [0.717, 1.165) is 5.56 Å². The molecule has 0 spiro atoms. The van der Waals surface area contributed by atoms with E-state index in [-0.39, 0.29) is 35.8 Å². The van der Waals surface area contributed by atoms with Crippen molar-refractivity contribution < 1.29 is 19.1 Å². The third-order valence-corrected chi connectivity index (χ3v) is 5.13. The minimum Gasteiger partial charge on any atom is -0.488 e. The average Bonchev–Trinajstić information content (AvgIpc) is 3.31. The fourth-order valence-corrected chi connectivity index (χ4v) is 3.45. The Labute approximate surface area is 190 Å². The van der Waals surface area contributed by atoms with Crippen LogP contribution in [-0.4, -0.2) is 27.6 Å². The molecule has 0 unspecified atom stereocenters. The van der Waals surface area contributed by atoms with Crippen LogP contribution < -0.4 is 25.5 Å². The molecule has 0 radical (unpaired) electrons. The van der Waals surface area contributed by atoms with Crippen LogP contribution in [0, 0.1) is 10.1 Å². The van der Waals surface area contributed by atoms with E-state index >= 15 is 0 Å². The van der Waals surface area contributed by atoms with Crippen LogP contribution in [0.25, 0.3) is 10.9 Å². The van der Waals surface area contributed by atoms with E-state index in [0.29, 0.717) is 21.7 Å². The molecule has 4 aromatic rings. The Morgan fingerprint density at radius 2 is 1.91 bits per heavy atom. The number of hydrogen-bond acceptors (Lipinski definition) is 8. The number of fused-ring (bicyclic) bond motifs is 2. The minimum atomic E-state index is -0.742. The van der Waals surface area contributed by atoms with Crippen LogP contribution in [0.15, 0.2) is 75.4 Å². The topological polar surface area (TPSA) is 138 Å². The van der Waals surface area contributed by atoms with E-state index in [1.54, 1.807) is 42.5 Å². The summed E-state index contributed by atoms with van der Waals surface area (Å²) in [6, 6.07) is 15.8. The molecule has 34 heavy (non-hydrogen) atoms. The van der Waals surface area contributed by atoms with Gasteiger partial charge in [-0.25, -0.2) is 4.79 Å². The van der Waals surface area contributed by atoms with Crippen LogP contribution in [0.4, 0.5) is 5.69 Å². The Bertz CT molecular complexity index is 1570. The molecule has 0 saturated carbocycles. The number of aromatic nitrogens is 2. The Morgan fingerprint density at radius 1 is 1.09 bits per heavy atom. The molecule has 0 bridgehead atoms. The Morgan fingerprint density at radius 3 is 2.76 bits per heavy atom. The molecule has 0 atom stereocenters. The second kappa shape index (κ2) is 8.54. The van der Waals surface area contributed by atoms with E-state index in [1.807, 2.05) is 0 Å². The number of nitrogens with zero attached hydrogens (tertiary/aromatic N) is 3. The molecule has 0 amide bonds. The molecule has 1 N–H and O–H groups in total. The van der Waals surface area contributed by atoms with Crippen molar-refractivity contribution >= 4 is 22.8 Å². The lowest BCUT2D eigenvalue weighted by Crippen LogP contribution is -2.32. The Balaban J connectivity index is 1.48. The predicted molar refractivity (Wildman–Crippen MR) is 122 cm³/mol. The minimum absolute atomic E-state index is 0.131. The molecular formula is C23H16N4O7. The van der Waals surface area contributed by atoms with Gasteiger partial charge in [0.05, 0.1) is 22.0 Å². The number of benzene rings is 3. The Hall–Kier alpha value is -4.93. The highest BCUT2D eigenvalue weighted by molar-refractivity contribution is 5.85. The SMILES string of the molecule is O=c1[nH]c2ccccc2c(=O)n1N=Cc1cc([N+](=O)[O-])ccc1OCc1ccc2c(c1)OCO2. The van der Waals surface area contributed by atoms with Gasteiger partial charge in [0, 0.05) is 17.7 Å². The largest absolute Gasteiger partial charge is 0.488 e. The van der Waals surface area contributed by atoms with Crippen LogP contribution in [0.1, 0.15) is 11.1 Å². The molecule has 0 saturated heterocycles. The zero-order valence-corrected chi connectivity index (χ0v) is 17.5.